The molecule has 3 nitrogen and oxygen atoms in total. The number of nitrogens with two attached hydrogens (primary N) is 1. The first-order valence-corrected chi connectivity index (χ1v) is 6.24. The van der Waals surface area contributed by atoms with Gasteiger partial charge in [-0.2, -0.15) is 0 Å². The Labute approximate surface area is 104 Å². The van der Waals surface area contributed by atoms with Crippen molar-refractivity contribution in [2.24, 2.45) is 5.92 Å². The van der Waals surface area contributed by atoms with E-state index in [1.165, 1.54) is 0 Å². The Kier molecular flexibility index (Phi) is 5.29. The average Bonchev–Trinajstić information content (AvgIpc) is 2.35. The van der Waals surface area contributed by atoms with Crippen molar-refractivity contribution in [3.8, 4) is 5.75 Å². The second kappa shape index (κ2) is 6.50. The number of ether oxygens (including phenoxy) is 1. The highest BCUT2D eigenvalue weighted by molar-refractivity contribution is 5.59. The highest BCUT2D eigenvalue weighted by Gasteiger charge is 2.17. The Hall–Kier alpha value is -1.22. The molecule has 0 radical (unpaired) electrons. The maximum absolute atomic E-state index is 10.2. The lowest BCUT2D eigenvalue weighted by molar-refractivity contribution is 0.141. The van der Waals surface area contributed by atoms with E-state index in [-0.39, 0.29) is 0 Å². The average molecular weight is 237 g/mol. The minimum Gasteiger partial charge on any atom is -0.495 e. The van der Waals surface area contributed by atoms with Crippen LogP contribution in [0, 0.1) is 5.92 Å². The van der Waals surface area contributed by atoms with E-state index in [9.17, 15) is 5.11 Å². The number of para-hydroxylation sites is 1. The number of methoxy groups -OCH3 is 1. The van der Waals surface area contributed by atoms with Crippen LogP contribution in [0.2, 0.25) is 0 Å². The molecule has 3 heteroatoms. The molecule has 0 saturated heterocycles. The summed E-state index contributed by atoms with van der Waals surface area (Å²) in [5.41, 5.74) is 7.29. The fraction of sp³-hybridized carbons (Fsp3) is 0.571. The molecular formula is C14H23NO2. The maximum Gasteiger partial charge on any atom is 0.142 e. The minimum atomic E-state index is -0.505. The molecule has 1 unspecified atom stereocenters. The van der Waals surface area contributed by atoms with Gasteiger partial charge in [-0.3, -0.25) is 0 Å². The number of nitrogen functional groups attached to an aromatic ring is 1. The molecule has 0 aliphatic heterocycles. The van der Waals surface area contributed by atoms with Gasteiger partial charge in [0.15, 0.2) is 0 Å². The largest absolute Gasteiger partial charge is 0.495 e. The van der Waals surface area contributed by atoms with E-state index in [0.717, 1.165) is 24.8 Å². The highest BCUT2D eigenvalue weighted by Crippen LogP contribution is 2.33. The summed E-state index contributed by atoms with van der Waals surface area (Å²) in [4.78, 5) is 0. The normalized spacial score (nSPS) is 12.8. The van der Waals surface area contributed by atoms with Crippen LogP contribution in [0.25, 0.3) is 0 Å². The fourth-order valence-electron chi connectivity index (χ4n) is 2.09. The minimum absolute atomic E-state index is 0.505. The molecule has 1 aromatic rings. The van der Waals surface area contributed by atoms with Crippen LogP contribution in [0.5, 0.6) is 5.75 Å². The van der Waals surface area contributed by atoms with Crippen molar-refractivity contribution in [3.63, 3.8) is 0 Å². The number of aliphatic hydroxyl groups excluding tert-OH is 1. The lowest BCUT2D eigenvalue weighted by atomic mass is 9.92. The summed E-state index contributed by atoms with van der Waals surface area (Å²) in [5.74, 6) is 1.17. The van der Waals surface area contributed by atoms with Gasteiger partial charge in [0.25, 0.3) is 0 Å². The molecule has 0 fully saturated rings. The van der Waals surface area contributed by atoms with Crippen LogP contribution in [0.15, 0.2) is 18.2 Å². The number of hydrogen-bond donors (Lipinski definition) is 2. The molecule has 0 aliphatic carbocycles. The van der Waals surface area contributed by atoms with Gasteiger partial charge in [-0.15, -0.1) is 0 Å². The van der Waals surface area contributed by atoms with Gasteiger partial charge in [0.2, 0.25) is 0 Å². The van der Waals surface area contributed by atoms with Gasteiger partial charge in [0.1, 0.15) is 5.75 Å². The van der Waals surface area contributed by atoms with E-state index in [4.69, 9.17) is 10.5 Å². The Morgan fingerprint density at radius 3 is 2.47 bits per heavy atom. The Morgan fingerprint density at radius 2 is 1.94 bits per heavy atom. The third kappa shape index (κ3) is 3.37. The van der Waals surface area contributed by atoms with Crippen molar-refractivity contribution in [2.75, 3.05) is 12.8 Å². The van der Waals surface area contributed by atoms with Crippen LogP contribution in [-0.4, -0.2) is 12.2 Å². The zero-order valence-corrected chi connectivity index (χ0v) is 10.9. The van der Waals surface area contributed by atoms with E-state index in [2.05, 4.69) is 13.8 Å². The van der Waals surface area contributed by atoms with E-state index in [1.807, 2.05) is 18.2 Å². The molecule has 1 rings (SSSR count). The Morgan fingerprint density at radius 1 is 1.29 bits per heavy atom. The third-order valence-corrected chi connectivity index (χ3v) is 3.39. The highest BCUT2D eigenvalue weighted by atomic mass is 16.5. The van der Waals surface area contributed by atoms with Crippen molar-refractivity contribution >= 4 is 5.69 Å². The number of anilines is 1. The first-order valence-electron chi connectivity index (χ1n) is 6.24. The molecular weight excluding hydrogens is 214 g/mol. The van der Waals surface area contributed by atoms with E-state index < -0.39 is 6.10 Å². The van der Waals surface area contributed by atoms with Crippen molar-refractivity contribution in [1.82, 2.24) is 0 Å². The first-order chi connectivity index (χ1) is 8.13. The quantitative estimate of drug-likeness (QED) is 0.747. The number of benzene rings is 1. The summed E-state index contributed by atoms with van der Waals surface area (Å²) in [6.45, 7) is 4.30. The SMILES string of the molecule is CCC(CC)CC(O)c1cccc(OC)c1N. The van der Waals surface area contributed by atoms with Gasteiger partial charge >= 0.3 is 0 Å². The fourth-order valence-corrected chi connectivity index (χ4v) is 2.09. The number of hydrogen-bond acceptors (Lipinski definition) is 3. The standard InChI is InChI=1S/C14H23NO2/c1-4-10(5-2)9-12(16)11-7-6-8-13(17-3)14(11)15/h6-8,10,12,16H,4-5,9,15H2,1-3H3. The van der Waals surface area contributed by atoms with Crippen LogP contribution in [0.1, 0.15) is 44.8 Å². The van der Waals surface area contributed by atoms with Gasteiger partial charge in [-0.25, -0.2) is 0 Å². The monoisotopic (exact) mass is 237 g/mol. The smallest absolute Gasteiger partial charge is 0.142 e. The van der Waals surface area contributed by atoms with E-state index >= 15 is 0 Å². The van der Waals surface area contributed by atoms with Crippen LogP contribution < -0.4 is 10.5 Å². The number of rotatable bonds is 6. The zero-order chi connectivity index (χ0) is 12.8. The van der Waals surface area contributed by atoms with Crippen molar-refractivity contribution in [1.29, 1.82) is 0 Å². The van der Waals surface area contributed by atoms with Gasteiger partial charge < -0.3 is 15.6 Å². The van der Waals surface area contributed by atoms with Crippen molar-refractivity contribution < 1.29 is 9.84 Å². The summed E-state index contributed by atoms with van der Waals surface area (Å²) in [6, 6.07) is 5.54. The van der Waals surface area contributed by atoms with Gasteiger partial charge in [0, 0.05) is 5.56 Å². The predicted molar refractivity (Wildman–Crippen MR) is 71.1 cm³/mol. The first kappa shape index (κ1) is 13.8. The molecule has 1 aromatic carbocycles. The number of aliphatic hydroxyl groups is 1. The van der Waals surface area contributed by atoms with Gasteiger partial charge in [-0.1, -0.05) is 38.8 Å². The topological polar surface area (TPSA) is 55.5 Å². The summed E-state index contributed by atoms with van der Waals surface area (Å²) in [5, 5.41) is 10.2. The zero-order valence-electron chi connectivity index (χ0n) is 10.9. The molecule has 17 heavy (non-hydrogen) atoms. The van der Waals surface area contributed by atoms with Crippen LogP contribution in [0.4, 0.5) is 5.69 Å². The van der Waals surface area contributed by atoms with Gasteiger partial charge in [-0.05, 0) is 18.4 Å². The molecule has 3 N–H and O–H groups in total. The molecule has 0 aliphatic rings. The molecule has 96 valence electrons. The lowest BCUT2D eigenvalue weighted by Crippen LogP contribution is -2.09. The third-order valence-electron chi connectivity index (χ3n) is 3.39. The summed E-state index contributed by atoms with van der Waals surface area (Å²) >= 11 is 0. The van der Waals surface area contributed by atoms with Crippen LogP contribution >= 0.6 is 0 Å². The molecule has 0 aromatic heterocycles. The lowest BCUT2D eigenvalue weighted by Gasteiger charge is -2.19. The molecule has 0 bridgehead atoms. The Bertz CT molecular complexity index is 348. The maximum atomic E-state index is 10.2. The molecule has 0 heterocycles. The molecule has 0 amide bonds. The molecule has 1 atom stereocenters. The van der Waals surface area contributed by atoms with Crippen LogP contribution in [-0.2, 0) is 0 Å². The van der Waals surface area contributed by atoms with Crippen molar-refractivity contribution in [3.05, 3.63) is 23.8 Å². The second-order valence-corrected chi connectivity index (χ2v) is 4.40. The predicted octanol–water partition coefficient (Wildman–Crippen LogP) is 3.14. The van der Waals surface area contributed by atoms with Crippen molar-refractivity contribution in [2.45, 2.75) is 39.2 Å². The second-order valence-electron chi connectivity index (χ2n) is 4.40. The summed E-state index contributed by atoms with van der Waals surface area (Å²) in [6.07, 6.45) is 2.41. The van der Waals surface area contributed by atoms with Gasteiger partial charge in [0.05, 0.1) is 18.9 Å². The van der Waals surface area contributed by atoms with Crippen LogP contribution in [0.3, 0.4) is 0 Å². The molecule has 0 spiro atoms. The summed E-state index contributed by atoms with van der Waals surface area (Å²) in [7, 11) is 1.59. The van der Waals surface area contributed by atoms with E-state index in [0.29, 0.717) is 17.4 Å². The van der Waals surface area contributed by atoms with E-state index in [1.54, 1.807) is 7.11 Å². The Balaban J connectivity index is 2.84. The summed E-state index contributed by atoms with van der Waals surface area (Å²) < 4.78 is 5.16. The molecule has 0 saturated carbocycles.